The van der Waals surface area contributed by atoms with Gasteiger partial charge >= 0.3 is 0 Å². The van der Waals surface area contributed by atoms with Crippen LogP contribution in [0.1, 0.15) is 13.3 Å². The molecule has 1 aliphatic heterocycles. The molecule has 0 aliphatic carbocycles. The average Bonchev–Trinajstić information content (AvgIpc) is 2.03. The molecule has 3 heteroatoms. The zero-order valence-corrected chi connectivity index (χ0v) is 8.34. The second-order valence-electron chi connectivity index (χ2n) is 3.68. The summed E-state index contributed by atoms with van der Waals surface area (Å²) in [7, 11) is 3.95. The van der Waals surface area contributed by atoms with Gasteiger partial charge in [-0.15, -0.1) is 0 Å². The van der Waals surface area contributed by atoms with E-state index in [9.17, 15) is 0 Å². The number of hydrogen-bond acceptors (Lipinski definition) is 3. The van der Waals surface area contributed by atoms with Crippen molar-refractivity contribution >= 4 is 0 Å². The number of nitrogens with one attached hydrogen (secondary N) is 1. The van der Waals surface area contributed by atoms with Gasteiger partial charge in [-0.25, -0.2) is 0 Å². The first-order valence-electron chi connectivity index (χ1n) is 4.66. The third kappa shape index (κ3) is 2.73. The molecule has 1 rings (SSSR count). The molecule has 2 atom stereocenters. The van der Waals surface area contributed by atoms with Crippen LogP contribution in [-0.2, 0) is 4.74 Å². The lowest BCUT2D eigenvalue weighted by Gasteiger charge is -2.36. The smallest absolute Gasteiger partial charge is 0.0477 e. The van der Waals surface area contributed by atoms with Crippen molar-refractivity contribution in [3.8, 4) is 0 Å². The average molecular weight is 172 g/mol. The van der Waals surface area contributed by atoms with Gasteiger partial charge in [-0.1, -0.05) is 0 Å². The Balaban J connectivity index is 2.25. The number of rotatable bonds is 3. The van der Waals surface area contributed by atoms with Gasteiger partial charge < -0.3 is 15.0 Å². The van der Waals surface area contributed by atoms with E-state index in [0.717, 1.165) is 26.1 Å². The van der Waals surface area contributed by atoms with Crippen molar-refractivity contribution in [1.29, 1.82) is 0 Å². The summed E-state index contributed by atoms with van der Waals surface area (Å²) in [6.45, 7) is 5.34. The van der Waals surface area contributed by atoms with Gasteiger partial charge in [0.1, 0.15) is 0 Å². The molecule has 1 aliphatic rings. The van der Waals surface area contributed by atoms with Crippen molar-refractivity contribution < 1.29 is 4.74 Å². The molecule has 0 unspecified atom stereocenters. The largest absolute Gasteiger partial charge is 0.385 e. The van der Waals surface area contributed by atoms with Gasteiger partial charge in [0.05, 0.1) is 0 Å². The van der Waals surface area contributed by atoms with E-state index in [1.54, 1.807) is 7.11 Å². The summed E-state index contributed by atoms with van der Waals surface area (Å²) in [5.41, 5.74) is 0. The van der Waals surface area contributed by atoms with E-state index in [1.165, 1.54) is 0 Å². The van der Waals surface area contributed by atoms with Crippen LogP contribution in [0, 0.1) is 0 Å². The highest BCUT2D eigenvalue weighted by Crippen LogP contribution is 2.07. The van der Waals surface area contributed by atoms with Crippen molar-refractivity contribution in [3.63, 3.8) is 0 Å². The van der Waals surface area contributed by atoms with Crippen molar-refractivity contribution in [3.05, 3.63) is 0 Å². The maximum atomic E-state index is 5.07. The minimum Gasteiger partial charge on any atom is -0.385 e. The number of ether oxygens (including phenoxy) is 1. The molecule has 1 fully saturated rings. The molecule has 72 valence electrons. The highest BCUT2D eigenvalue weighted by molar-refractivity contribution is 4.81. The van der Waals surface area contributed by atoms with Crippen molar-refractivity contribution in [2.45, 2.75) is 25.4 Å². The lowest BCUT2D eigenvalue weighted by atomic mass is 10.1. The van der Waals surface area contributed by atoms with E-state index < -0.39 is 0 Å². The monoisotopic (exact) mass is 172 g/mol. The maximum Gasteiger partial charge on any atom is 0.0477 e. The second-order valence-corrected chi connectivity index (χ2v) is 3.68. The van der Waals surface area contributed by atoms with Gasteiger partial charge in [-0.05, 0) is 20.4 Å². The summed E-state index contributed by atoms with van der Waals surface area (Å²) in [6.07, 6.45) is 1.13. The summed E-state index contributed by atoms with van der Waals surface area (Å²) in [5, 5.41) is 3.47. The number of likely N-dealkylation sites (N-methyl/N-ethyl adjacent to an activating group) is 1. The fourth-order valence-electron chi connectivity index (χ4n) is 1.71. The van der Waals surface area contributed by atoms with E-state index >= 15 is 0 Å². The Labute approximate surface area is 75.1 Å². The Morgan fingerprint density at radius 3 is 2.92 bits per heavy atom. The molecular formula is C9H20N2O. The number of piperazine rings is 1. The molecule has 0 spiro atoms. The predicted molar refractivity (Wildman–Crippen MR) is 50.4 cm³/mol. The molecule has 0 aromatic heterocycles. The Morgan fingerprint density at radius 1 is 1.58 bits per heavy atom. The normalized spacial score (nSPS) is 32.2. The van der Waals surface area contributed by atoms with E-state index in [-0.39, 0.29) is 0 Å². The highest BCUT2D eigenvalue weighted by Gasteiger charge is 2.21. The molecule has 0 aromatic rings. The molecule has 3 nitrogen and oxygen atoms in total. The fraction of sp³-hybridized carbons (Fsp3) is 1.00. The minimum absolute atomic E-state index is 0.633. The van der Waals surface area contributed by atoms with E-state index in [2.05, 4.69) is 24.2 Å². The summed E-state index contributed by atoms with van der Waals surface area (Å²) < 4.78 is 5.07. The number of methoxy groups -OCH3 is 1. The molecule has 0 bridgehead atoms. The highest BCUT2D eigenvalue weighted by atomic mass is 16.5. The molecule has 0 amide bonds. The first-order valence-corrected chi connectivity index (χ1v) is 4.66. The van der Waals surface area contributed by atoms with Crippen LogP contribution in [-0.4, -0.2) is 50.8 Å². The third-order valence-corrected chi connectivity index (χ3v) is 2.54. The predicted octanol–water partition coefficient (Wildman–Crippen LogP) is 0.315. The SMILES string of the molecule is COCC[C@@H]1CN[C@@H](C)CN1C. The number of nitrogens with zero attached hydrogens (tertiary/aromatic N) is 1. The van der Waals surface area contributed by atoms with E-state index in [0.29, 0.717) is 12.1 Å². The Bertz CT molecular complexity index is 128. The molecule has 1 N–H and O–H groups in total. The van der Waals surface area contributed by atoms with Crippen LogP contribution in [0.2, 0.25) is 0 Å². The molecule has 0 aromatic carbocycles. The third-order valence-electron chi connectivity index (χ3n) is 2.54. The zero-order chi connectivity index (χ0) is 8.97. The Hall–Kier alpha value is -0.120. The summed E-state index contributed by atoms with van der Waals surface area (Å²) in [6, 6.07) is 1.29. The molecule has 1 heterocycles. The molecule has 0 radical (unpaired) electrons. The summed E-state index contributed by atoms with van der Waals surface area (Å²) in [5.74, 6) is 0. The molecule has 0 saturated carbocycles. The lowest BCUT2D eigenvalue weighted by Crippen LogP contribution is -2.54. The molecule has 12 heavy (non-hydrogen) atoms. The topological polar surface area (TPSA) is 24.5 Å². The van der Waals surface area contributed by atoms with E-state index in [4.69, 9.17) is 4.74 Å². The zero-order valence-electron chi connectivity index (χ0n) is 8.34. The molecular weight excluding hydrogens is 152 g/mol. The van der Waals surface area contributed by atoms with Gasteiger partial charge in [-0.3, -0.25) is 0 Å². The summed E-state index contributed by atoms with van der Waals surface area (Å²) >= 11 is 0. The Morgan fingerprint density at radius 2 is 2.33 bits per heavy atom. The minimum atomic E-state index is 0.633. The first kappa shape index (κ1) is 9.96. The van der Waals surface area contributed by atoms with Gasteiger partial charge in [-0.2, -0.15) is 0 Å². The first-order chi connectivity index (χ1) is 5.74. The van der Waals surface area contributed by atoms with Crippen molar-refractivity contribution in [2.24, 2.45) is 0 Å². The van der Waals surface area contributed by atoms with Crippen molar-refractivity contribution in [2.75, 3.05) is 33.9 Å². The van der Waals surface area contributed by atoms with Crippen LogP contribution in [0.15, 0.2) is 0 Å². The maximum absolute atomic E-state index is 5.07. The number of hydrogen-bond donors (Lipinski definition) is 1. The summed E-state index contributed by atoms with van der Waals surface area (Å²) in [4.78, 5) is 2.42. The lowest BCUT2D eigenvalue weighted by molar-refractivity contribution is 0.117. The second kappa shape index (κ2) is 4.80. The molecule has 1 saturated heterocycles. The van der Waals surface area contributed by atoms with Crippen LogP contribution in [0.5, 0.6) is 0 Å². The van der Waals surface area contributed by atoms with Crippen LogP contribution in [0.4, 0.5) is 0 Å². The van der Waals surface area contributed by atoms with Crippen LogP contribution < -0.4 is 5.32 Å². The van der Waals surface area contributed by atoms with Crippen LogP contribution >= 0.6 is 0 Å². The van der Waals surface area contributed by atoms with E-state index in [1.807, 2.05) is 0 Å². The van der Waals surface area contributed by atoms with Gasteiger partial charge in [0, 0.05) is 38.9 Å². The Kier molecular flexibility index (Phi) is 3.98. The fourth-order valence-corrected chi connectivity index (χ4v) is 1.71. The standard InChI is InChI=1S/C9H20N2O/c1-8-7-11(2)9(6-10-8)4-5-12-3/h8-10H,4-7H2,1-3H3/t8-,9+/m0/s1. The van der Waals surface area contributed by atoms with Gasteiger partial charge in [0.2, 0.25) is 0 Å². The van der Waals surface area contributed by atoms with Crippen LogP contribution in [0.3, 0.4) is 0 Å². The van der Waals surface area contributed by atoms with Gasteiger partial charge in [0.25, 0.3) is 0 Å². The van der Waals surface area contributed by atoms with Gasteiger partial charge in [0.15, 0.2) is 0 Å². The van der Waals surface area contributed by atoms with Crippen molar-refractivity contribution in [1.82, 2.24) is 10.2 Å². The van der Waals surface area contributed by atoms with Crippen LogP contribution in [0.25, 0.3) is 0 Å². The quantitative estimate of drug-likeness (QED) is 0.663.